The van der Waals surface area contributed by atoms with Crippen molar-refractivity contribution in [3.05, 3.63) is 21.4 Å². The average molecular weight is 282 g/mol. The van der Waals surface area contributed by atoms with E-state index < -0.39 is 5.91 Å². The van der Waals surface area contributed by atoms with E-state index in [9.17, 15) is 9.59 Å². The van der Waals surface area contributed by atoms with E-state index in [2.05, 4.69) is 13.8 Å². The van der Waals surface area contributed by atoms with Crippen molar-refractivity contribution in [3.63, 3.8) is 0 Å². The molecule has 0 radical (unpaired) electrons. The van der Waals surface area contributed by atoms with Crippen molar-refractivity contribution in [2.45, 2.75) is 27.7 Å². The number of nitrogens with two attached hydrogens (primary N) is 1. The van der Waals surface area contributed by atoms with Crippen molar-refractivity contribution in [1.82, 2.24) is 4.90 Å². The van der Waals surface area contributed by atoms with Crippen molar-refractivity contribution >= 4 is 23.0 Å². The molecule has 1 heterocycles. The van der Waals surface area contributed by atoms with E-state index in [1.165, 1.54) is 0 Å². The lowest BCUT2D eigenvalue weighted by Crippen LogP contribution is -2.39. The number of hydrogen-bond acceptors (Lipinski definition) is 4. The van der Waals surface area contributed by atoms with Crippen LogP contribution in [0.15, 0.2) is 6.07 Å². The third-order valence-corrected chi connectivity index (χ3v) is 3.68. The van der Waals surface area contributed by atoms with Gasteiger partial charge >= 0.3 is 0 Å². The summed E-state index contributed by atoms with van der Waals surface area (Å²) in [6.07, 6.45) is 0. The Hall–Kier alpha value is -1.20. The third-order valence-electron chi connectivity index (χ3n) is 2.71. The minimum atomic E-state index is -0.397. The fraction of sp³-hybridized carbons (Fsp3) is 0.571. The molecule has 0 fully saturated rings. The van der Waals surface area contributed by atoms with Gasteiger partial charge in [0, 0.05) is 21.9 Å². The van der Waals surface area contributed by atoms with Crippen LogP contribution in [0, 0.1) is 19.8 Å². The predicted molar refractivity (Wildman–Crippen MR) is 78.6 cm³/mol. The molecule has 0 aromatic carbocycles. The van der Waals surface area contributed by atoms with Crippen molar-refractivity contribution < 1.29 is 9.59 Å². The second-order valence-corrected chi connectivity index (χ2v) is 6.74. The molecule has 19 heavy (non-hydrogen) atoms. The standard InChI is InChI=1S/C14H22N2O2S/c1-9(2)6-16(8-14(15)18)7-13(17)12-5-10(3)19-11(12)4/h5,9H,6-8H2,1-4H3,(H2,15,18). The maximum atomic E-state index is 12.3. The van der Waals surface area contributed by atoms with Crippen molar-refractivity contribution in [2.75, 3.05) is 19.6 Å². The Kier molecular flexibility index (Phi) is 5.69. The van der Waals surface area contributed by atoms with Gasteiger partial charge in [0.15, 0.2) is 5.78 Å². The summed E-state index contributed by atoms with van der Waals surface area (Å²) in [6, 6.07) is 1.92. The number of nitrogens with zero attached hydrogens (tertiary/aromatic N) is 1. The number of ketones is 1. The zero-order valence-electron chi connectivity index (χ0n) is 12.0. The summed E-state index contributed by atoms with van der Waals surface area (Å²) in [5, 5.41) is 0. The van der Waals surface area contributed by atoms with Crippen LogP contribution < -0.4 is 5.73 Å². The molecule has 1 amide bonds. The summed E-state index contributed by atoms with van der Waals surface area (Å²) in [5.41, 5.74) is 5.99. The van der Waals surface area contributed by atoms with Crippen LogP contribution in [0.2, 0.25) is 0 Å². The Balaban J connectivity index is 2.75. The van der Waals surface area contributed by atoms with Crippen LogP contribution >= 0.6 is 11.3 Å². The van der Waals surface area contributed by atoms with Crippen molar-refractivity contribution in [3.8, 4) is 0 Å². The Morgan fingerprint density at radius 2 is 1.95 bits per heavy atom. The highest BCUT2D eigenvalue weighted by molar-refractivity contribution is 7.12. The van der Waals surface area contributed by atoms with Gasteiger partial charge in [-0.1, -0.05) is 13.8 Å². The normalized spacial score (nSPS) is 11.3. The second kappa shape index (κ2) is 6.82. The second-order valence-electron chi connectivity index (χ2n) is 5.28. The molecule has 2 N–H and O–H groups in total. The molecule has 0 spiro atoms. The molecule has 1 aromatic rings. The van der Waals surface area contributed by atoms with Crippen LogP contribution in [-0.2, 0) is 4.79 Å². The van der Waals surface area contributed by atoms with Gasteiger partial charge < -0.3 is 5.73 Å². The molecule has 106 valence electrons. The topological polar surface area (TPSA) is 63.4 Å². The highest BCUT2D eigenvalue weighted by Gasteiger charge is 2.18. The van der Waals surface area contributed by atoms with Gasteiger partial charge in [-0.2, -0.15) is 0 Å². The average Bonchev–Trinajstić information content (AvgIpc) is 2.55. The molecular weight excluding hydrogens is 260 g/mol. The van der Waals surface area contributed by atoms with Gasteiger partial charge in [-0.25, -0.2) is 0 Å². The molecule has 0 saturated heterocycles. The van der Waals surface area contributed by atoms with Crippen molar-refractivity contribution in [2.24, 2.45) is 11.7 Å². The maximum absolute atomic E-state index is 12.3. The highest BCUT2D eigenvalue weighted by atomic mass is 32.1. The Labute approximate surface area is 118 Å². The third kappa shape index (κ3) is 5.12. The Bertz CT molecular complexity index is 466. The van der Waals surface area contributed by atoms with Crippen LogP contribution in [0.1, 0.15) is 34.0 Å². The van der Waals surface area contributed by atoms with Gasteiger partial charge in [0.25, 0.3) is 0 Å². The van der Waals surface area contributed by atoms with Gasteiger partial charge in [-0.15, -0.1) is 11.3 Å². The molecule has 5 heteroatoms. The van der Waals surface area contributed by atoms with Gasteiger partial charge in [-0.05, 0) is 25.8 Å². The van der Waals surface area contributed by atoms with Gasteiger partial charge in [0.05, 0.1) is 13.1 Å². The van der Waals surface area contributed by atoms with Gasteiger partial charge in [0.1, 0.15) is 0 Å². The number of carbonyl (C=O) groups is 2. The SMILES string of the molecule is Cc1cc(C(=O)CN(CC(N)=O)CC(C)C)c(C)s1. The lowest BCUT2D eigenvalue weighted by Gasteiger charge is -2.21. The molecule has 0 aliphatic heterocycles. The van der Waals surface area contributed by atoms with E-state index in [-0.39, 0.29) is 18.9 Å². The summed E-state index contributed by atoms with van der Waals surface area (Å²) >= 11 is 1.62. The van der Waals surface area contributed by atoms with Crippen molar-refractivity contribution in [1.29, 1.82) is 0 Å². The minimum absolute atomic E-state index is 0.0590. The maximum Gasteiger partial charge on any atom is 0.231 e. The number of Topliss-reactive ketones (excluding diaryl/α,β-unsaturated/α-hetero) is 1. The first-order chi connectivity index (χ1) is 8.79. The summed E-state index contributed by atoms with van der Waals surface area (Å²) in [6.45, 7) is 9.12. The molecule has 1 rings (SSSR count). The van der Waals surface area contributed by atoms with E-state index >= 15 is 0 Å². The molecular formula is C14H22N2O2S. The molecule has 0 bridgehead atoms. The number of aryl methyl sites for hydroxylation is 2. The monoisotopic (exact) mass is 282 g/mol. The van der Waals surface area contributed by atoms with E-state index in [1.54, 1.807) is 11.3 Å². The molecule has 0 atom stereocenters. The van der Waals surface area contributed by atoms with E-state index in [1.807, 2.05) is 24.8 Å². The number of amides is 1. The lowest BCUT2D eigenvalue weighted by molar-refractivity contribution is -0.119. The summed E-state index contributed by atoms with van der Waals surface area (Å²) < 4.78 is 0. The predicted octanol–water partition coefficient (Wildman–Crippen LogP) is 1.99. The molecule has 4 nitrogen and oxygen atoms in total. The summed E-state index contributed by atoms with van der Waals surface area (Å²) in [7, 11) is 0. The zero-order chi connectivity index (χ0) is 14.6. The Morgan fingerprint density at radius 3 is 2.37 bits per heavy atom. The van der Waals surface area contributed by atoms with Gasteiger partial charge in [0.2, 0.25) is 5.91 Å². The smallest absolute Gasteiger partial charge is 0.231 e. The fourth-order valence-electron chi connectivity index (χ4n) is 2.12. The van der Waals surface area contributed by atoms with E-state index in [0.717, 1.165) is 15.3 Å². The van der Waals surface area contributed by atoms with Crippen LogP contribution in [0.4, 0.5) is 0 Å². The summed E-state index contributed by atoms with van der Waals surface area (Å²) in [4.78, 5) is 27.3. The number of primary amides is 1. The van der Waals surface area contributed by atoms with Crippen LogP contribution in [0.25, 0.3) is 0 Å². The van der Waals surface area contributed by atoms with Crippen LogP contribution in [0.5, 0.6) is 0 Å². The van der Waals surface area contributed by atoms with Gasteiger partial charge in [-0.3, -0.25) is 14.5 Å². The fourth-order valence-corrected chi connectivity index (χ4v) is 3.06. The lowest BCUT2D eigenvalue weighted by atomic mass is 10.1. The van der Waals surface area contributed by atoms with Crippen LogP contribution in [-0.4, -0.2) is 36.2 Å². The number of carbonyl (C=O) groups excluding carboxylic acids is 2. The Morgan fingerprint density at radius 1 is 1.32 bits per heavy atom. The van der Waals surface area contributed by atoms with E-state index in [4.69, 9.17) is 5.73 Å². The molecule has 0 aliphatic carbocycles. The van der Waals surface area contributed by atoms with E-state index in [0.29, 0.717) is 12.5 Å². The first kappa shape index (κ1) is 15.9. The van der Waals surface area contributed by atoms with Crippen LogP contribution in [0.3, 0.4) is 0 Å². The number of hydrogen-bond donors (Lipinski definition) is 1. The quantitative estimate of drug-likeness (QED) is 0.778. The zero-order valence-corrected chi connectivity index (χ0v) is 12.8. The number of rotatable bonds is 7. The minimum Gasteiger partial charge on any atom is -0.369 e. The first-order valence-corrected chi connectivity index (χ1v) is 7.22. The molecule has 0 unspecified atom stereocenters. The molecule has 0 aliphatic rings. The molecule has 1 aromatic heterocycles. The highest BCUT2D eigenvalue weighted by Crippen LogP contribution is 2.21. The molecule has 0 saturated carbocycles. The number of thiophene rings is 1. The first-order valence-electron chi connectivity index (χ1n) is 6.40. The summed E-state index contributed by atoms with van der Waals surface area (Å²) in [5.74, 6) is 0.0490. The largest absolute Gasteiger partial charge is 0.369 e.